The molecule has 0 spiro atoms. The molecule has 24 heavy (non-hydrogen) atoms. The molecule has 0 bridgehead atoms. The first kappa shape index (κ1) is 16.6. The van der Waals surface area contributed by atoms with E-state index in [9.17, 15) is 9.18 Å². The van der Waals surface area contributed by atoms with E-state index in [4.69, 9.17) is 0 Å². The summed E-state index contributed by atoms with van der Waals surface area (Å²) in [5, 5.41) is 7.14. The van der Waals surface area contributed by atoms with Gasteiger partial charge in [0, 0.05) is 12.6 Å². The number of hydrogen-bond acceptors (Lipinski definition) is 4. The Balaban J connectivity index is 1.65. The molecule has 6 nitrogen and oxygen atoms in total. The predicted molar refractivity (Wildman–Crippen MR) is 88.7 cm³/mol. The molecule has 1 aliphatic rings. The highest BCUT2D eigenvalue weighted by molar-refractivity contribution is 5.90. The van der Waals surface area contributed by atoms with E-state index < -0.39 is 0 Å². The van der Waals surface area contributed by atoms with Crippen LogP contribution in [0.15, 0.2) is 24.3 Å². The Morgan fingerprint density at radius 3 is 2.62 bits per heavy atom. The number of rotatable bonds is 5. The highest BCUT2D eigenvalue weighted by atomic mass is 19.1. The highest BCUT2D eigenvalue weighted by Crippen LogP contribution is 2.12. The fraction of sp³-hybridized carbons (Fsp3) is 0.471. The zero-order chi connectivity index (χ0) is 17.1. The second-order valence-electron chi connectivity index (χ2n) is 6.17. The number of benzene rings is 1. The van der Waals surface area contributed by atoms with Crippen molar-refractivity contribution in [2.24, 2.45) is 0 Å². The van der Waals surface area contributed by atoms with E-state index in [1.54, 1.807) is 19.1 Å². The van der Waals surface area contributed by atoms with Crippen LogP contribution in [0.5, 0.6) is 0 Å². The van der Waals surface area contributed by atoms with Gasteiger partial charge in [0.05, 0.1) is 5.69 Å². The van der Waals surface area contributed by atoms with Gasteiger partial charge in [-0.3, -0.25) is 9.69 Å². The van der Waals surface area contributed by atoms with E-state index in [0.29, 0.717) is 24.1 Å². The van der Waals surface area contributed by atoms with Crippen molar-refractivity contribution in [3.8, 4) is 5.69 Å². The summed E-state index contributed by atoms with van der Waals surface area (Å²) in [7, 11) is 0. The summed E-state index contributed by atoms with van der Waals surface area (Å²) in [6.07, 6.45) is 2.45. The molecule has 1 N–H and O–H groups in total. The molecular formula is C17H22FN5O. The van der Waals surface area contributed by atoms with Gasteiger partial charge in [0.25, 0.3) is 5.91 Å². The van der Waals surface area contributed by atoms with Crippen molar-refractivity contribution in [2.75, 3.05) is 19.6 Å². The second-order valence-corrected chi connectivity index (χ2v) is 6.17. The SMILES string of the molecule is Cc1nc(C(=O)NCC(C)N2CCCC2)nn1-c1ccc(F)cc1. The van der Waals surface area contributed by atoms with Gasteiger partial charge in [-0.25, -0.2) is 14.1 Å². The van der Waals surface area contributed by atoms with Gasteiger partial charge in [0.15, 0.2) is 0 Å². The molecule has 0 aliphatic carbocycles. The number of amides is 1. The monoisotopic (exact) mass is 331 g/mol. The van der Waals surface area contributed by atoms with E-state index in [1.165, 1.54) is 29.7 Å². The topological polar surface area (TPSA) is 63.1 Å². The lowest BCUT2D eigenvalue weighted by atomic mass is 10.3. The third-order valence-electron chi connectivity index (χ3n) is 4.37. The average Bonchev–Trinajstić information content (AvgIpc) is 3.23. The Hall–Kier alpha value is -2.28. The van der Waals surface area contributed by atoms with Crippen LogP contribution in [0.1, 0.15) is 36.2 Å². The van der Waals surface area contributed by atoms with Gasteiger partial charge in [0.1, 0.15) is 11.6 Å². The van der Waals surface area contributed by atoms with Crippen LogP contribution >= 0.6 is 0 Å². The van der Waals surface area contributed by atoms with Crippen LogP contribution in [-0.2, 0) is 0 Å². The summed E-state index contributed by atoms with van der Waals surface area (Å²) < 4.78 is 14.6. The molecule has 0 saturated carbocycles. The lowest BCUT2D eigenvalue weighted by Crippen LogP contribution is -2.40. The fourth-order valence-corrected chi connectivity index (χ4v) is 2.94. The maximum atomic E-state index is 13.0. The van der Waals surface area contributed by atoms with Crippen LogP contribution in [-0.4, -0.2) is 51.2 Å². The molecule has 128 valence electrons. The Morgan fingerprint density at radius 1 is 1.29 bits per heavy atom. The molecule has 1 aliphatic heterocycles. The van der Waals surface area contributed by atoms with Gasteiger partial charge in [0.2, 0.25) is 5.82 Å². The lowest BCUT2D eigenvalue weighted by Gasteiger charge is -2.23. The standard InChI is InChI=1S/C17H22FN5O/c1-12(22-9-3-4-10-22)11-19-17(24)16-20-13(2)23(21-16)15-7-5-14(18)6-8-15/h5-8,12H,3-4,9-11H2,1-2H3,(H,19,24). The van der Waals surface area contributed by atoms with Gasteiger partial charge in [-0.15, -0.1) is 5.10 Å². The largest absolute Gasteiger partial charge is 0.348 e. The van der Waals surface area contributed by atoms with E-state index in [1.807, 2.05) is 0 Å². The minimum absolute atomic E-state index is 0.130. The van der Waals surface area contributed by atoms with Gasteiger partial charge in [-0.05, 0) is 64.0 Å². The van der Waals surface area contributed by atoms with Gasteiger partial charge < -0.3 is 5.32 Å². The van der Waals surface area contributed by atoms with Crippen LogP contribution in [0.3, 0.4) is 0 Å². The Morgan fingerprint density at radius 2 is 1.96 bits per heavy atom. The first-order valence-electron chi connectivity index (χ1n) is 8.26. The summed E-state index contributed by atoms with van der Waals surface area (Å²) in [6, 6.07) is 6.22. The quantitative estimate of drug-likeness (QED) is 0.909. The molecule has 0 radical (unpaired) electrons. The molecule has 1 aromatic heterocycles. The minimum atomic E-state index is -0.314. The summed E-state index contributed by atoms with van der Waals surface area (Å²) in [4.78, 5) is 18.9. The van der Waals surface area contributed by atoms with Gasteiger partial charge >= 0.3 is 0 Å². The molecular weight excluding hydrogens is 309 g/mol. The second kappa shape index (κ2) is 7.09. The maximum absolute atomic E-state index is 13.0. The third kappa shape index (κ3) is 3.62. The molecule has 1 fully saturated rings. The van der Waals surface area contributed by atoms with E-state index >= 15 is 0 Å². The van der Waals surface area contributed by atoms with Crippen molar-refractivity contribution in [1.82, 2.24) is 25.0 Å². The van der Waals surface area contributed by atoms with Crippen molar-refractivity contribution >= 4 is 5.91 Å². The Bertz CT molecular complexity index is 706. The van der Waals surface area contributed by atoms with E-state index in [0.717, 1.165) is 13.1 Å². The molecule has 3 rings (SSSR count). The Kier molecular flexibility index (Phi) is 4.89. The molecule has 1 atom stereocenters. The summed E-state index contributed by atoms with van der Waals surface area (Å²) in [5.74, 6) is 0.111. The summed E-state index contributed by atoms with van der Waals surface area (Å²) in [5.41, 5.74) is 0.672. The Labute approximate surface area is 140 Å². The van der Waals surface area contributed by atoms with Crippen LogP contribution in [0.2, 0.25) is 0 Å². The smallest absolute Gasteiger partial charge is 0.291 e. The first-order chi connectivity index (χ1) is 11.5. The zero-order valence-corrected chi connectivity index (χ0v) is 14.0. The number of carbonyl (C=O) groups excluding carboxylic acids is 1. The molecule has 2 aromatic rings. The number of nitrogens with zero attached hydrogens (tertiary/aromatic N) is 4. The number of carbonyl (C=O) groups is 1. The molecule has 7 heteroatoms. The van der Waals surface area contributed by atoms with Gasteiger partial charge in [-0.1, -0.05) is 0 Å². The van der Waals surface area contributed by atoms with Crippen molar-refractivity contribution in [3.63, 3.8) is 0 Å². The highest BCUT2D eigenvalue weighted by Gasteiger charge is 2.20. The first-order valence-corrected chi connectivity index (χ1v) is 8.26. The molecule has 1 unspecified atom stereocenters. The normalized spacial score (nSPS) is 16.3. The van der Waals surface area contributed by atoms with Crippen molar-refractivity contribution in [2.45, 2.75) is 32.7 Å². The maximum Gasteiger partial charge on any atom is 0.291 e. The number of aryl methyl sites for hydroxylation is 1. The number of aromatic nitrogens is 3. The number of halogens is 1. The lowest BCUT2D eigenvalue weighted by molar-refractivity contribution is 0.0930. The molecule has 2 heterocycles. The fourth-order valence-electron chi connectivity index (χ4n) is 2.94. The van der Waals surface area contributed by atoms with Crippen LogP contribution < -0.4 is 5.32 Å². The molecule has 1 amide bonds. The number of nitrogens with one attached hydrogen (secondary N) is 1. The van der Waals surface area contributed by atoms with Crippen LogP contribution in [0.25, 0.3) is 5.69 Å². The van der Waals surface area contributed by atoms with E-state index in [2.05, 4.69) is 27.2 Å². The van der Waals surface area contributed by atoms with Crippen molar-refractivity contribution < 1.29 is 9.18 Å². The summed E-state index contributed by atoms with van der Waals surface area (Å²) in [6.45, 7) is 6.63. The predicted octanol–water partition coefficient (Wildman–Crippen LogP) is 1.93. The minimum Gasteiger partial charge on any atom is -0.348 e. The van der Waals surface area contributed by atoms with Crippen molar-refractivity contribution in [3.05, 3.63) is 41.7 Å². The zero-order valence-electron chi connectivity index (χ0n) is 14.0. The van der Waals surface area contributed by atoms with Crippen LogP contribution in [0, 0.1) is 12.7 Å². The number of likely N-dealkylation sites (tertiary alicyclic amines) is 1. The van der Waals surface area contributed by atoms with Crippen LogP contribution in [0.4, 0.5) is 4.39 Å². The summed E-state index contributed by atoms with van der Waals surface area (Å²) >= 11 is 0. The molecule has 1 saturated heterocycles. The number of hydrogen-bond donors (Lipinski definition) is 1. The third-order valence-corrected chi connectivity index (χ3v) is 4.37. The average molecular weight is 331 g/mol. The van der Waals surface area contributed by atoms with Gasteiger partial charge in [-0.2, -0.15) is 0 Å². The van der Waals surface area contributed by atoms with E-state index in [-0.39, 0.29) is 17.5 Å². The molecule has 1 aromatic carbocycles. The van der Waals surface area contributed by atoms with Crippen molar-refractivity contribution in [1.29, 1.82) is 0 Å².